The standard InChI is InChI=1S/C20H22N6O2/c1-28-18-6-4-5-15(13-18)19-7-2-3-12-25(19)20(27)22-16-8-10-17(11-9-16)26-14-21-23-24-26/h4-6,8-11,13-14,19H,2-3,7,12H2,1H3,(H,22,27)/t19-/m0/s1. The quantitative estimate of drug-likeness (QED) is 0.752. The molecule has 2 aromatic carbocycles. The van der Waals surface area contributed by atoms with Crippen molar-refractivity contribution in [1.29, 1.82) is 0 Å². The molecule has 144 valence electrons. The summed E-state index contributed by atoms with van der Waals surface area (Å²) >= 11 is 0. The first-order valence-corrected chi connectivity index (χ1v) is 9.29. The smallest absolute Gasteiger partial charge is 0.322 e. The van der Waals surface area contributed by atoms with Crippen LogP contribution in [0.25, 0.3) is 5.69 Å². The minimum Gasteiger partial charge on any atom is -0.497 e. The number of benzene rings is 2. The van der Waals surface area contributed by atoms with Gasteiger partial charge in [-0.2, -0.15) is 0 Å². The summed E-state index contributed by atoms with van der Waals surface area (Å²) in [6.45, 7) is 0.733. The van der Waals surface area contributed by atoms with Gasteiger partial charge in [-0.15, -0.1) is 5.10 Å². The third kappa shape index (κ3) is 3.80. The summed E-state index contributed by atoms with van der Waals surface area (Å²) in [7, 11) is 1.66. The highest BCUT2D eigenvalue weighted by Gasteiger charge is 2.28. The second kappa shape index (κ2) is 8.08. The van der Waals surface area contributed by atoms with Crippen molar-refractivity contribution in [2.24, 2.45) is 0 Å². The maximum absolute atomic E-state index is 13.0. The molecule has 1 aliphatic heterocycles. The van der Waals surface area contributed by atoms with Crippen LogP contribution >= 0.6 is 0 Å². The highest BCUT2D eigenvalue weighted by atomic mass is 16.5. The van der Waals surface area contributed by atoms with E-state index in [1.165, 1.54) is 6.33 Å². The number of carbonyl (C=O) groups is 1. The predicted octanol–water partition coefficient (Wildman–Crippen LogP) is 3.43. The number of nitrogens with zero attached hydrogens (tertiary/aromatic N) is 5. The van der Waals surface area contributed by atoms with Gasteiger partial charge in [-0.05, 0) is 71.7 Å². The van der Waals surface area contributed by atoms with Gasteiger partial charge in [0.1, 0.15) is 12.1 Å². The van der Waals surface area contributed by atoms with E-state index in [9.17, 15) is 4.79 Å². The second-order valence-corrected chi connectivity index (χ2v) is 6.71. The second-order valence-electron chi connectivity index (χ2n) is 6.71. The third-order valence-electron chi connectivity index (χ3n) is 4.97. The van der Waals surface area contributed by atoms with E-state index in [2.05, 4.69) is 26.9 Å². The summed E-state index contributed by atoms with van der Waals surface area (Å²) in [5.41, 5.74) is 2.66. The Labute approximate surface area is 163 Å². The number of anilines is 1. The molecule has 0 saturated carbocycles. The lowest BCUT2D eigenvalue weighted by atomic mass is 9.95. The van der Waals surface area contributed by atoms with Gasteiger partial charge in [0.25, 0.3) is 0 Å². The van der Waals surface area contributed by atoms with Crippen LogP contribution in [0.4, 0.5) is 10.5 Å². The molecular weight excluding hydrogens is 356 g/mol. The van der Waals surface area contributed by atoms with Crippen LogP contribution in [0.3, 0.4) is 0 Å². The molecule has 8 nitrogen and oxygen atoms in total. The Hall–Kier alpha value is -3.42. The summed E-state index contributed by atoms with van der Waals surface area (Å²) in [6.07, 6.45) is 4.58. The van der Waals surface area contributed by atoms with Crippen molar-refractivity contribution >= 4 is 11.7 Å². The number of likely N-dealkylation sites (tertiary alicyclic amines) is 1. The number of methoxy groups -OCH3 is 1. The molecule has 1 aliphatic rings. The van der Waals surface area contributed by atoms with E-state index in [0.29, 0.717) is 0 Å². The highest BCUT2D eigenvalue weighted by Crippen LogP contribution is 2.33. The normalized spacial score (nSPS) is 16.6. The van der Waals surface area contributed by atoms with Gasteiger partial charge < -0.3 is 15.0 Å². The van der Waals surface area contributed by atoms with Crippen LogP contribution in [0.15, 0.2) is 54.9 Å². The molecule has 2 amide bonds. The van der Waals surface area contributed by atoms with Crippen molar-refractivity contribution in [3.8, 4) is 11.4 Å². The van der Waals surface area contributed by atoms with E-state index in [1.54, 1.807) is 11.8 Å². The Balaban J connectivity index is 1.49. The van der Waals surface area contributed by atoms with E-state index in [0.717, 1.165) is 48.5 Å². The molecule has 0 spiro atoms. The number of ether oxygens (including phenoxy) is 1. The first-order chi connectivity index (χ1) is 13.7. The molecule has 28 heavy (non-hydrogen) atoms. The molecule has 1 saturated heterocycles. The number of rotatable bonds is 4. The van der Waals surface area contributed by atoms with E-state index in [4.69, 9.17) is 4.74 Å². The van der Waals surface area contributed by atoms with Crippen molar-refractivity contribution in [3.63, 3.8) is 0 Å². The van der Waals surface area contributed by atoms with Crippen molar-refractivity contribution < 1.29 is 9.53 Å². The van der Waals surface area contributed by atoms with Crippen LogP contribution in [-0.2, 0) is 0 Å². The molecule has 2 heterocycles. The minimum atomic E-state index is -0.0947. The Morgan fingerprint density at radius 1 is 1.18 bits per heavy atom. The van der Waals surface area contributed by atoms with Crippen LogP contribution in [0, 0.1) is 0 Å². The maximum atomic E-state index is 13.0. The summed E-state index contributed by atoms with van der Waals surface area (Å²) in [5, 5.41) is 14.1. The number of tetrazole rings is 1. The van der Waals surface area contributed by atoms with Crippen LogP contribution in [0.5, 0.6) is 5.75 Å². The average Bonchev–Trinajstić information content (AvgIpc) is 3.29. The van der Waals surface area contributed by atoms with E-state index < -0.39 is 0 Å². The van der Waals surface area contributed by atoms with Crippen molar-refractivity contribution in [2.75, 3.05) is 19.0 Å². The van der Waals surface area contributed by atoms with Gasteiger partial charge in [0.15, 0.2) is 0 Å². The molecule has 0 unspecified atom stereocenters. The number of hydrogen-bond donors (Lipinski definition) is 1. The molecule has 4 rings (SSSR count). The molecule has 0 aliphatic carbocycles. The molecule has 0 radical (unpaired) electrons. The lowest BCUT2D eigenvalue weighted by molar-refractivity contribution is 0.163. The SMILES string of the molecule is COc1cccc([C@@H]2CCCCN2C(=O)Nc2ccc(-n3cnnn3)cc2)c1. The maximum Gasteiger partial charge on any atom is 0.322 e. The van der Waals surface area contributed by atoms with Crippen LogP contribution in [0.2, 0.25) is 0 Å². The number of piperidine rings is 1. The summed E-state index contributed by atoms with van der Waals surface area (Å²) in [6, 6.07) is 15.3. The van der Waals surface area contributed by atoms with Gasteiger partial charge in [-0.25, -0.2) is 9.48 Å². The highest BCUT2D eigenvalue weighted by molar-refractivity contribution is 5.89. The topological polar surface area (TPSA) is 85.2 Å². The molecule has 1 aromatic heterocycles. The number of carbonyl (C=O) groups excluding carboxylic acids is 1. The Bertz CT molecular complexity index is 926. The minimum absolute atomic E-state index is 0.0457. The van der Waals surface area contributed by atoms with Crippen molar-refractivity contribution in [3.05, 3.63) is 60.4 Å². The average molecular weight is 378 g/mol. The number of hydrogen-bond acceptors (Lipinski definition) is 5. The van der Waals surface area contributed by atoms with Gasteiger partial charge in [0, 0.05) is 12.2 Å². The fourth-order valence-electron chi connectivity index (χ4n) is 3.54. The lowest BCUT2D eigenvalue weighted by Crippen LogP contribution is -2.41. The molecule has 1 fully saturated rings. The predicted molar refractivity (Wildman–Crippen MR) is 104 cm³/mol. The Kier molecular flexibility index (Phi) is 5.18. The monoisotopic (exact) mass is 378 g/mol. The summed E-state index contributed by atoms with van der Waals surface area (Å²) in [4.78, 5) is 14.9. The molecular formula is C20H22N6O2. The van der Waals surface area contributed by atoms with E-state index in [1.807, 2.05) is 47.4 Å². The van der Waals surface area contributed by atoms with Gasteiger partial charge in [0.2, 0.25) is 0 Å². The number of nitrogens with one attached hydrogen (secondary N) is 1. The molecule has 8 heteroatoms. The number of amides is 2. The molecule has 1 atom stereocenters. The molecule has 1 N–H and O–H groups in total. The van der Waals surface area contributed by atoms with Gasteiger partial charge >= 0.3 is 6.03 Å². The fourth-order valence-corrected chi connectivity index (χ4v) is 3.54. The van der Waals surface area contributed by atoms with Gasteiger partial charge in [-0.1, -0.05) is 12.1 Å². The van der Waals surface area contributed by atoms with Crippen LogP contribution in [0.1, 0.15) is 30.9 Å². The van der Waals surface area contributed by atoms with Gasteiger partial charge in [0.05, 0.1) is 18.8 Å². The number of urea groups is 1. The third-order valence-corrected chi connectivity index (χ3v) is 4.97. The van der Waals surface area contributed by atoms with Crippen LogP contribution in [-0.4, -0.2) is 44.8 Å². The zero-order valence-corrected chi connectivity index (χ0v) is 15.7. The fraction of sp³-hybridized carbons (Fsp3) is 0.300. The van der Waals surface area contributed by atoms with Gasteiger partial charge in [-0.3, -0.25) is 0 Å². The molecule has 0 bridgehead atoms. The lowest BCUT2D eigenvalue weighted by Gasteiger charge is -2.36. The zero-order valence-electron chi connectivity index (χ0n) is 15.7. The summed E-state index contributed by atoms with van der Waals surface area (Å²) in [5.74, 6) is 0.807. The Morgan fingerprint density at radius 3 is 2.79 bits per heavy atom. The first-order valence-electron chi connectivity index (χ1n) is 9.29. The van der Waals surface area contributed by atoms with Crippen molar-refractivity contribution in [1.82, 2.24) is 25.1 Å². The van der Waals surface area contributed by atoms with E-state index >= 15 is 0 Å². The van der Waals surface area contributed by atoms with Crippen molar-refractivity contribution in [2.45, 2.75) is 25.3 Å². The summed E-state index contributed by atoms with van der Waals surface area (Å²) < 4.78 is 6.91. The molecule has 3 aromatic rings. The first kappa shape index (κ1) is 18.0. The number of aromatic nitrogens is 4. The van der Waals surface area contributed by atoms with Crippen LogP contribution < -0.4 is 10.1 Å². The zero-order chi connectivity index (χ0) is 19.3. The Morgan fingerprint density at radius 2 is 2.04 bits per heavy atom. The largest absolute Gasteiger partial charge is 0.497 e. The van der Waals surface area contributed by atoms with E-state index in [-0.39, 0.29) is 12.1 Å².